The van der Waals surface area contributed by atoms with E-state index in [0.717, 1.165) is 27.3 Å². The second kappa shape index (κ2) is 7.05. The van der Waals surface area contributed by atoms with Crippen molar-refractivity contribution >= 4 is 43.9 Å². The molecule has 1 atom stereocenters. The van der Waals surface area contributed by atoms with E-state index >= 15 is 0 Å². The number of thioether (sulfide) groups is 1. The zero-order valence-corrected chi connectivity index (χ0v) is 16.4. The van der Waals surface area contributed by atoms with Gasteiger partial charge in [-0.2, -0.15) is 0 Å². The summed E-state index contributed by atoms with van der Waals surface area (Å²) in [4.78, 5) is 11.7. The van der Waals surface area contributed by atoms with E-state index in [0.29, 0.717) is 12.1 Å². The predicted octanol–water partition coefficient (Wildman–Crippen LogP) is 2.01. The molecule has 0 amide bonds. The Hall–Kier alpha value is -1.84. The second-order valence-corrected chi connectivity index (χ2v) is 9.15. The average molecular weight is 396 g/mol. The lowest BCUT2D eigenvalue weighted by atomic mass is 10.2. The van der Waals surface area contributed by atoms with Crippen LogP contribution in [0.4, 0.5) is 0 Å². The summed E-state index contributed by atoms with van der Waals surface area (Å²) < 4.78 is 43.2. The highest BCUT2D eigenvalue weighted by molar-refractivity contribution is 7.99. The lowest BCUT2D eigenvalue weighted by Gasteiger charge is -2.15. The SMILES string of the molecule is CCSc1n(C)c2ccc3ccc(=O)oc3c2[n+]1CCC(C)S(=O)(=O)[O-]. The van der Waals surface area contributed by atoms with E-state index in [1.54, 1.807) is 17.8 Å². The fourth-order valence-electron chi connectivity index (χ4n) is 2.99. The van der Waals surface area contributed by atoms with Crippen LogP contribution in [0.1, 0.15) is 20.3 Å². The highest BCUT2D eigenvalue weighted by atomic mass is 32.2. The van der Waals surface area contributed by atoms with Crippen LogP contribution in [0.15, 0.2) is 38.6 Å². The summed E-state index contributed by atoms with van der Waals surface area (Å²) >= 11 is 1.60. The molecule has 0 saturated heterocycles. The maximum Gasteiger partial charge on any atom is 0.336 e. The molecular weight excluding hydrogens is 376 g/mol. The van der Waals surface area contributed by atoms with E-state index in [-0.39, 0.29) is 6.42 Å². The van der Waals surface area contributed by atoms with Crippen LogP contribution in [0.25, 0.3) is 22.0 Å². The average Bonchev–Trinajstić information content (AvgIpc) is 2.84. The molecule has 0 aliphatic rings. The zero-order chi connectivity index (χ0) is 19.1. The lowest BCUT2D eigenvalue weighted by Crippen LogP contribution is -2.38. The molecule has 26 heavy (non-hydrogen) atoms. The molecule has 0 N–H and O–H groups in total. The Morgan fingerprint density at radius 3 is 2.65 bits per heavy atom. The summed E-state index contributed by atoms with van der Waals surface area (Å²) in [6.07, 6.45) is 0.181. The second-order valence-electron chi connectivity index (χ2n) is 6.12. The van der Waals surface area contributed by atoms with Gasteiger partial charge < -0.3 is 8.97 Å². The normalized spacial score (nSPS) is 13.5. The molecule has 0 fully saturated rings. The van der Waals surface area contributed by atoms with E-state index in [1.165, 1.54) is 13.0 Å². The van der Waals surface area contributed by atoms with Gasteiger partial charge in [0.1, 0.15) is 0 Å². The van der Waals surface area contributed by atoms with Gasteiger partial charge in [0.05, 0.1) is 29.0 Å². The molecule has 9 heteroatoms. The topological polar surface area (TPSA) is 96.2 Å². The summed E-state index contributed by atoms with van der Waals surface area (Å²) in [5.74, 6) is 0.821. The van der Waals surface area contributed by atoms with Crippen LogP contribution in [-0.2, 0) is 23.7 Å². The number of hydrogen-bond donors (Lipinski definition) is 0. The van der Waals surface area contributed by atoms with Gasteiger partial charge in [-0.15, -0.1) is 0 Å². The van der Waals surface area contributed by atoms with Crippen LogP contribution < -0.4 is 10.2 Å². The molecule has 2 heterocycles. The fraction of sp³-hybridized carbons (Fsp3) is 0.412. The van der Waals surface area contributed by atoms with Crippen molar-refractivity contribution in [3.05, 3.63) is 34.7 Å². The number of imidazole rings is 1. The van der Waals surface area contributed by atoms with Gasteiger partial charge >= 0.3 is 10.8 Å². The summed E-state index contributed by atoms with van der Waals surface area (Å²) in [5, 5.41) is 0.706. The minimum atomic E-state index is -4.34. The Balaban J connectivity index is 2.24. The minimum Gasteiger partial charge on any atom is -0.748 e. The van der Waals surface area contributed by atoms with Gasteiger partial charge in [0.2, 0.25) is 5.52 Å². The number of benzene rings is 1. The first-order chi connectivity index (χ1) is 12.2. The Kier molecular flexibility index (Phi) is 5.14. The number of aryl methyl sites for hydroxylation is 2. The maximum atomic E-state index is 11.7. The van der Waals surface area contributed by atoms with Crippen LogP contribution in [0.3, 0.4) is 0 Å². The Morgan fingerprint density at radius 2 is 2.00 bits per heavy atom. The van der Waals surface area contributed by atoms with Crippen molar-refractivity contribution < 1.29 is 22.0 Å². The fourth-order valence-corrected chi connectivity index (χ4v) is 4.27. The monoisotopic (exact) mass is 396 g/mol. The third-order valence-corrected chi connectivity index (χ3v) is 6.68. The van der Waals surface area contributed by atoms with Gasteiger partial charge in [-0.25, -0.2) is 22.3 Å². The third-order valence-electron chi connectivity index (χ3n) is 4.42. The van der Waals surface area contributed by atoms with E-state index < -0.39 is 21.0 Å². The third kappa shape index (κ3) is 3.38. The first-order valence-corrected chi connectivity index (χ1v) is 10.7. The molecule has 1 aromatic carbocycles. The van der Waals surface area contributed by atoms with Crippen molar-refractivity contribution in [1.82, 2.24) is 4.57 Å². The van der Waals surface area contributed by atoms with Crippen molar-refractivity contribution in [3.63, 3.8) is 0 Å². The van der Waals surface area contributed by atoms with E-state index in [9.17, 15) is 17.8 Å². The van der Waals surface area contributed by atoms with E-state index in [2.05, 4.69) is 0 Å². The molecule has 0 bridgehead atoms. The van der Waals surface area contributed by atoms with Crippen LogP contribution in [0.5, 0.6) is 0 Å². The van der Waals surface area contributed by atoms with Gasteiger partial charge in [0, 0.05) is 23.6 Å². The molecule has 0 saturated carbocycles. The highest BCUT2D eigenvalue weighted by Crippen LogP contribution is 2.27. The number of hydrogen-bond acceptors (Lipinski definition) is 6. The maximum absolute atomic E-state index is 11.7. The number of nitrogens with zero attached hydrogens (tertiary/aromatic N) is 2. The smallest absolute Gasteiger partial charge is 0.336 e. The van der Waals surface area contributed by atoms with Gasteiger partial charge in [-0.1, -0.05) is 6.92 Å². The van der Waals surface area contributed by atoms with Crippen molar-refractivity contribution in [2.24, 2.45) is 7.05 Å². The van der Waals surface area contributed by atoms with E-state index in [1.807, 2.05) is 35.2 Å². The van der Waals surface area contributed by atoms with Crippen LogP contribution in [0, 0.1) is 0 Å². The summed E-state index contributed by atoms with van der Waals surface area (Å²) in [6, 6.07) is 6.91. The van der Waals surface area contributed by atoms with Crippen molar-refractivity contribution in [3.8, 4) is 0 Å². The molecule has 0 aliphatic heterocycles. The van der Waals surface area contributed by atoms with Gasteiger partial charge in [0.15, 0.2) is 11.1 Å². The Bertz CT molecular complexity index is 1130. The standard InChI is InChI=1S/C17H20N2O5S2/c1-4-25-17-18(3)13-7-5-12-6-8-14(20)24-16(12)15(13)19(17)10-9-11(2)26(21,22)23/h5-8,11H,4,9-10H2,1-3H3. The molecule has 2 aromatic heterocycles. The van der Waals surface area contributed by atoms with Crippen LogP contribution in [-0.4, -0.2) is 28.5 Å². The van der Waals surface area contributed by atoms with Gasteiger partial charge in [-0.05, 0) is 36.9 Å². The largest absolute Gasteiger partial charge is 0.748 e. The van der Waals surface area contributed by atoms with E-state index in [4.69, 9.17) is 4.42 Å². The first-order valence-electron chi connectivity index (χ1n) is 8.26. The minimum absolute atomic E-state index is 0.181. The van der Waals surface area contributed by atoms with Crippen molar-refractivity contribution in [1.29, 1.82) is 0 Å². The number of fused-ring (bicyclic) bond motifs is 3. The van der Waals surface area contributed by atoms with Crippen molar-refractivity contribution in [2.75, 3.05) is 5.75 Å². The number of aromatic nitrogens is 2. The molecule has 3 aromatic rings. The molecule has 1 unspecified atom stereocenters. The summed E-state index contributed by atoms with van der Waals surface area (Å²) in [6.45, 7) is 3.77. The quantitative estimate of drug-likeness (QED) is 0.274. The van der Waals surface area contributed by atoms with Gasteiger partial charge in [0.25, 0.3) is 0 Å². The molecule has 0 aliphatic carbocycles. The van der Waals surface area contributed by atoms with Crippen LogP contribution in [0.2, 0.25) is 0 Å². The molecule has 0 radical (unpaired) electrons. The van der Waals surface area contributed by atoms with Crippen molar-refractivity contribution in [2.45, 2.75) is 37.2 Å². The lowest BCUT2D eigenvalue weighted by molar-refractivity contribution is -0.709. The Morgan fingerprint density at radius 1 is 1.31 bits per heavy atom. The molecular formula is C17H20N2O5S2. The molecule has 140 valence electrons. The highest BCUT2D eigenvalue weighted by Gasteiger charge is 2.27. The van der Waals surface area contributed by atoms with Gasteiger partial charge in [-0.3, -0.25) is 0 Å². The van der Waals surface area contributed by atoms with Crippen LogP contribution >= 0.6 is 11.8 Å². The Labute approximate surface area is 155 Å². The summed E-state index contributed by atoms with van der Waals surface area (Å²) in [5.41, 5.74) is 1.63. The molecule has 0 spiro atoms. The summed E-state index contributed by atoms with van der Waals surface area (Å²) in [7, 11) is -2.43. The molecule has 7 nitrogen and oxygen atoms in total. The predicted molar refractivity (Wildman–Crippen MR) is 99.3 cm³/mol. The molecule has 3 rings (SSSR count). The first kappa shape index (κ1) is 18.9. The number of rotatable bonds is 6. The zero-order valence-electron chi connectivity index (χ0n) is 14.8.